The minimum absolute atomic E-state index is 0.256. The van der Waals surface area contributed by atoms with Crippen molar-refractivity contribution >= 4 is 12.2 Å². The maximum atomic E-state index is 15.9. The van der Waals surface area contributed by atoms with E-state index >= 15 is 52.7 Å². The number of halogens is 48. The van der Waals surface area contributed by atoms with Crippen LogP contribution in [0.4, 0.5) is 220 Å². The molecule has 0 saturated heterocycles. The lowest BCUT2D eigenvalue weighted by molar-refractivity contribution is -0.477. The smallest absolute Gasteiger partial charge is 0.405 e. The molecule has 544 valence electrons. The van der Waals surface area contributed by atoms with Crippen molar-refractivity contribution in [3.05, 3.63) is 0 Å². The molecule has 0 saturated carbocycles. The second kappa shape index (κ2) is 23.2. The van der Waals surface area contributed by atoms with E-state index in [0.29, 0.717) is 0 Å². The van der Waals surface area contributed by atoms with E-state index in [2.05, 4.69) is 0 Å². The number of alkyl halides is 48. The monoisotopic (exact) mass is 1470 g/mol. The summed E-state index contributed by atoms with van der Waals surface area (Å²) >= 11 is 0. The van der Waals surface area contributed by atoms with Crippen LogP contribution in [-0.2, 0) is 0 Å². The Labute approximate surface area is 467 Å². The van der Waals surface area contributed by atoms with Gasteiger partial charge in [0.15, 0.2) is 0 Å². The van der Waals surface area contributed by atoms with E-state index in [4.69, 9.17) is 5.11 Å². The van der Waals surface area contributed by atoms with Gasteiger partial charge in [-0.2, -0.15) is 193 Å². The molecule has 0 aliphatic heterocycles. The zero-order chi connectivity index (χ0) is 74.8. The minimum atomic E-state index is -10.3. The van der Waals surface area contributed by atoms with Crippen molar-refractivity contribution in [1.29, 1.82) is 0 Å². The topological polar surface area (TPSA) is 98.7 Å². The molecule has 0 aliphatic carbocycles. The van der Waals surface area contributed by atoms with Gasteiger partial charge in [-0.05, 0) is 24.2 Å². The minimum Gasteiger partial charge on any atom is -0.465 e. The van der Waals surface area contributed by atoms with E-state index < -0.39 is 218 Å². The molecule has 0 aliphatic rings. The van der Waals surface area contributed by atoms with Crippen LogP contribution in [0, 0.1) is 11.3 Å². The highest BCUT2D eigenvalue weighted by Gasteiger charge is 3.01. The number of amides is 2. The summed E-state index contributed by atoms with van der Waals surface area (Å²) in [7, 11) is 0. The first-order valence-corrected chi connectivity index (χ1v) is 21.6. The molecule has 0 radical (unpaired) electrons. The normalized spacial score (nSPS) is 16.8. The van der Waals surface area contributed by atoms with Crippen LogP contribution in [0.25, 0.3) is 0 Å². The van der Waals surface area contributed by atoms with Crippen molar-refractivity contribution in [3.63, 3.8) is 0 Å². The third-order valence-corrected chi connectivity index (χ3v) is 13.1. The molecule has 0 aromatic carbocycles. The van der Waals surface area contributed by atoms with Crippen LogP contribution < -0.4 is 10.6 Å². The van der Waals surface area contributed by atoms with Gasteiger partial charge in [0.25, 0.3) is 0 Å². The summed E-state index contributed by atoms with van der Waals surface area (Å²) in [6.07, 6.45) is -33.6. The molecular formula is C37H26F48N2O4. The summed E-state index contributed by atoms with van der Waals surface area (Å²) in [5, 5.41) is 18.8. The third kappa shape index (κ3) is 11.7. The standard InChI is InChI=1S/C37H26F48N2O4/c1-9(4-5-86-12(88)89)6-14(2,3)15(87-13(90)91,7-16(42,43)20(50,51)24(58,59)28(66,67)32(74,75)36(82,83)34(78,79)30(70,71)26(62,63)22(54,55)18(46,47)10(38)39)8-17(44,45)21(52,53)25(60,61)29(68,69)33(76,77)37(84,85)35(80,81)31(72,73)27(64,65)23(56,57)19(48,49)11(40)41/h9-11,86-87H,4-8H2,1-3H3,(H,88,89)(H,90,91). The second-order valence-corrected chi connectivity index (χ2v) is 19.7. The zero-order valence-electron chi connectivity index (χ0n) is 42.1. The summed E-state index contributed by atoms with van der Waals surface area (Å²) in [6, 6.07) is 0. The molecule has 0 aromatic heterocycles. The SMILES string of the molecule is CC(CCNC(=O)O)CC(C)(C)C(CC(F)(F)C(F)(F)C(F)(F)C(F)(F)C(F)(F)C(F)(F)C(F)(F)C(F)(F)C(F)(F)C(F)(F)C(F)(F)C(F)F)(CC(F)(F)C(F)(F)C(F)(F)C(F)(F)C(F)(F)C(F)(F)C(F)(F)C(F)(F)C(F)(F)C(F)(F)C(F)(F)C(F)F)NC(=O)O. The fraction of sp³-hybridized carbons (Fsp3) is 0.946. The van der Waals surface area contributed by atoms with Crippen LogP contribution in [0.5, 0.6) is 0 Å². The summed E-state index contributed by atoms with van der Waals surface area (Å²) < 4.78 is 687. The molecule has 4 N–H and O–H groups in total. The highest BCUT2D eigenvalue weighted by atomic mass is 19.4. The number of rotatable bonds is 33. The lowest BCUT2D eigenvalue weighted by atomic mass is 9.61. The van der Waals surface area contributed by atoms with Gasteiger partial charge in [-0.1, -0.05) is 20.8 Å². The molecule has 0 fully saturated rings. The molecule has 6 nitrogen and oxygen atoms in total. The van der Waals surface area contributed by atoms with Crippen LogP contribution in [-0.4, -0.2) is 178 Å². The Morgan fingerprint density at radius 2 is 0.505 bits per heavy atom. The van der Waals surface area contributed by atoms with Crippen LogP contribution in [0.1, 0.15) is 46.5 Å². The van der Waals surface area contributed by atoms with Gasteiger partial charge in [0, 0.05) is 19.4 Å². The number of carboxylic acid groups (broad SMARTS) is 2. The molecule has 0 rings (SSSR count). The van der Waals surface area contributed by atoms with E-state index in [-0.39, 0.29) is 12.2 Å². The number of hydrogen-bond acceptors (Lipinski definition) is 2. The van der Waals surface area contributed by atoms with E-state index in [9.17, 15) is 173 Å². The number of hydrogen-bond donors (Lipinski definition) is 4. The summed E-state index contributed by atoms with van der Waals surface area (Å²) in [6.45, 7) is -2.37. The van der Waals surface area contributed by atoms with Crippen molar-refractivity contribution in [3.8, 4) is 0 Å². The molecule has 1 unspecified atom stereocenters. The van der Waals surface area contributed by atoms with Gasteiger partial charge in [-0.3, -0.25) is 0 Å². The first kappa shape index (κ1) is 86.2. The predicted octanol–water partition coefficient (Wildman–Crippen LogP) is 18.0. The number of nitrogens with one attached hydrogen (secondary N) is 2. The van der Waals surface area contributed by atoms with Crippen molar-refractivity contribution < 1.29 is 231 Å². The fourth-order valence-electron chi connectivity index (χ4n) is 7.49. The number of carbonyl (C=O) groups is 2. The Hall–Kier alpha value is -4.82. The molecular weight excluding hydrogens is 1450 g/mol. The quantitative estimate of drug-likeness (QED) is 0.0492. The van der Waals surface area contributed by atoms with Crippen LogP contribution >= 0.6 is 0 Å². The third-order valence-electron chi connectivity index (χ3n) is 13.1. The van der Waals surface area contributed by atoms with Gasteiger partial charge in [-0.15, -0.1) is 0 Å². The van der Waals surface area contributed by atoms with Gasteiger partial charge in [0.2, 0.25) is 0 Å². The average molecular weight is 1470 g/mol. The zero-order valence-corrected chi connectivity index (χ0v) is 42.1. The molecule has 0 heterocycles. The lowest BCUT2D eigenvalue weighted by Crippen LogP contribution is -2.78. The predicted molar refractivity (Wildman–Crippen MR) is 192 cm³/mol. The van der Waals surface area contributed by atoms with Crippen molar-refractivity contribution in [1.82, 2.24) is 10.6 Å². The van der Waals surface area contributed by atoms with Gasteiger partial charge in [0.05, 0.1) is 5.54 Å². The Bertz CT molecular complexity index is 2430. The molecule has 2 amide bonds. The van der Waals surface area contributed by atoms with Gasteiger partial charge in [-0.25, -0.2) is 27.2 Å². The van der Waals surface area contributed by atoms with E-state index in [1.807, 2.05) is 0 Å². The highest BCUT2D eigenvalue weighted by molar-refractivity contribution is 5.66. The first-order valence-electron chi connectivity index (χ1n) is 21.6. The maximum Gasteiger partial charge on any atom is 0.405 e. The molecule has 0 aromatic rings. The van der Waals surface area contributed by atoms with Crippen LogP contribution in [0.15, 0.2) is 0 Å². The van der Waals surface area contributed by atoms with E-state index in [0.717, 1.165) is 0 Å². The molecule has 1 atom stereocenters. The Morgan fingerprint density at radius 3 is 0.681 bits per heavy atom. The van der Waals surface area contributed by atoms with Crippen molar-refractivity contribution in [2.24, 2.45) is 11.3 Å². The highest BCUT2D eigenvalue weighted by Crippen LogP contribution is 2.71. The molecule has 91 heavy (non-hydrogen) atoms. The van der Waals surface area contributed by atoms with Crippen molar-refractivity contribution in [2.45, 2.75) is 195 Å². The Morgan fingerprint density at radius 1 is 0.319 bits per heavy atom. The second-order valence-electron chi connectivity index (χ2n) is 19.7. The summed E-state index contributed by atoms with van der Waals surface area (Å²) in [4.78, 5) is 22.7. The Kier molecular flexibility index (Phi) is 22.0. The fourth-order valence-corrected chi connectivity index (χ4v) is 7.49. The first-order chi connectivity index (χ1) is 38.8. The molecule has 0 spiro atoms. The average Bonchev–Trinajstić information content (AvgIpc) is 0.693. The lowest BCUT2D eigenvalue weighted by Gasteiger charge is -2.52. The van der Waals surface area contributed by atoms with Crippen molar-refractivity contribution in [2.75, 3.05) is 6.54 Å². The van der Waals surface area contributed by atoms with E-state index in [1.54, 1.807) is 0 Å². The maximum absolute atomic E-state index is 15.9. The van der Waals surface area contributed by atoms with Gasteiger partial charge < -0.3 is 20.8 Å². The Balaban J connectivity index is 8.99. The van der Waals surface area contributed by atoms with E-state index in [1.165, 1.54) is 5.32 Å². The summed E-state index contributed by atoms with van der Waals surface area (Å²) in [5.41, 5.74) is -10.7. The van der Waals surface area contributed by atoms with Crippen LogP contribution in [0.3, 0.4) is 0 Å². The molecule has 0 bridgehead atoms. The van der Waals surface area contributed by atoms with Gasteiger partial charge >= 0.3 is 155 Å². The summed E-state index contributed by atoms with van der Waals surface area (Å²) in [5.74, 6) is -216. The van der Waals surface area contributed by atoms with Gasteiger partial charge in [0.1, 0.15) is 0 Å². The largest absolute Gasteiger partial charge is 0.465 e. The van der Waals surface area contributed by atoms with Crippen LogP contribution in [0.2, 0.25) is 0 Å². The molecule has 54 heteroatoms.